The van der Waals surface area contributed by atoms with Gasteiger partial charge in [0.1, 0.15) is 0 Å². The van der Waals surface area contributed by atoms with E-state index in [1.165, 1.54) is 27.6 Å². The minimum absolute atomic E-state index is 0.210. The van der Waals surface area contributed by atoms with Gasteiger partial charge in [-0.05, 0) is 56.1 Å². The summed E-state index contributed by atoms with van der Waals surface area (Å²) < 4.78 is 0. The van der Waals surface area contributed by atoms with E-state index < -0.39 is 7.92 Å². The van der Waals surface area contributed by atoms with E-state index in [1.54, 1.807) is 0 Å². The fourth-order valence-electron chi connectivity index (χ4n) is 3.99. The topological polar surface area (TPSA) is 0 Å². The van der Waals surface area contributed by atoms with E-state index in [4.69, 9.17) is 0 Å². The third kappa shape index (κ3) is 4.50. The number of hydrogen-bond donors (Lipinski definition) is 0. The third-order valence-corrected chi connectivity index (χ3v) is 8.18. The highest BCUT2D eigenvalue weighted by atomic mass is 31.1. The molecule has 1 heteroatoms. The smallest absolute Gasteiger partial charge is 0.00732 e. The number of rotatable bonds is 3. The highest BCUT2D eigenvalue weighted by molar-refractivity contribution is 7.68. The van der Waals surface area contributed by atoms with Crippen LogP contribution in [0, 0.1) is 6.07 Å². The molecule has 0 spiro atoms. The van der Waals surface area contributed by atoms with Gasteiger partial charge in [0.05, 0.1) is 0 Å². The van der Waals surface area contributed by atoms with Gasteiger partial charge in [-0.3, -0.25) is 0 Å². The molecule has 3 aromatic carbocycles. The van der Waals surface area contributed by atoms with E-state index in [0.717, 1.165) is 0 Å². The van der Waals surface area contributed by atoms with Crippen LogP contribution >= 0.6 is 7.92 Å². The first-order valence-electron chi connectivity index (χ1n) is 9.65. The molecule has 0 saturated heterocycles. The van der Waals surface area contributed by atoms with Crippen LogP contribution in [0.1, 0.15) is 41.5 Å². The zero-order valence-electron chi connectivity index (χ0n) is 17.4. The second-order valence-corrected chi connectivity index (χ2v) is 12.9. The van der Waals surface area contributed by atoms with Gasteiger partial charge < -0.3 is 0 Å². The lowest BCUT2D eigenvalue weighted by Crippen LogP contribution is -2.32. The summed E-state index contributed by atoms with van der Waals surface area (Å²) in [6, 6.07) is 29.7. The standard InChI is InChI=1S/C26H30P/c1-25(2,3)27(26(4,5)6)24-18-17-22(20-13-9-7-10-14-20)19-23(24)21-15-11-8-12-16-21/h7-17,19H,1-6H3. The van der Waals surface area contributed by atoms with E-state index in [-0.39, 0.29) is 10.3 Å². The minimum Gasteiger partial charge on any atom is -0.0629 e. The molecule has 0 bridgehead atoms. The summed E-state index contributed by atoms with van der Waals surface area (Å²) in [7, 11) is -0.419. The van der Waals surface area contributed by atoms with Crippen molar-refractivity contribution in [3.8, 4) is 22.3 Å². The second kappa shape index (κ2) is 7.61. The first kappa shape index (κ1) is 19.8. The van der Waals surface area contributed by atoms with E-state index in [1.807, 2.05) is 0 Å². The lowest BCUT2D eigenvalue weighted by molar-refractivity contribution is 0.715. The number of hydrogen-bond acceptors (Lipinski definition) is 0. The van der Waals surface area contributed by atoms with Gasteiger partial charge in [-0.15, -0.1) is 0 Å². The fourth-order valence-corrected chi connectivity index (χ4v) is 7.97. The van der Waals surface area contributed by atoms with Crippen molar-refractivity contribution >= 4 is 13.2 Å². The molecule has 0 unspecified atom stereocenters. The van der Waals surface area contributed by atoms with Gasteiger partial charge >= 0.3 is 0 Å². The minimum atomic E-state index is -0.419. The molecule has 0 fully saturated rings. The van der Waals surface area contributed by atoms with Crippen LogP contribution in [0.3, 0.4) is 0 Å². The van der Waals surface area contributed by atoms with Gasteiger partial charge in [-0.1, -0.05) is 110 Å². The molecule has 0 N–H and O–H groups in total. The Morgan fingerprint density at radius 2 is 1.11 bits per heavy atom. The van der Waals surface area contributed by atoms with Gasteiger partial charge in [-0.25, -0.2) is 0 Å². The molecule has 3 aromatic rings. The van der Waals surface area contributed by atoms with Crippen LogP contribution in [-0.2, 0) is 0 Å². The van der Waals surface area contributed by atoms with Crippen molar-refractivity contribution in [2.45, 2.75) is 51.9 Å². The third-order valence-electron chi connectivity index (χ3n) is 4.68. The highest BCUT2D eigenvalue weighted by Gasteiger charge is 2.37. The van der Waals surface area contributed by atoms with Crippen LogP contribution in [0.2, 0.25) is 0 Å². The lowest BCUT2D eigenvalue weighted by Gasteiger charge is -2.42. The van der Waals surface area contributed by atoms with E-state index in [9.17, 15) is 0 Å². The first-order chi connectivity index (χ1) is 12.7. The molecule has 27 heavy (non-hydrogen) atoms. The molecule has 139 valence electrons. The Hall–Kier alpha value is -1.91. The molecule has 3 rings (SSSR count). The normalized spacial score (nSPS) is 12.4. The Balaban J connectivity index is 2.25. The Labute approximate surface area is 166 Å². The highest BCUT2D eigenvalue weighted by Crippen LogP contribution is 2.59. The van der Waals surface area contributed by atoms with E-state index >= 15 is 0 Å². The van der Waals surface area contributed by atoms with E-state index in [0.29, 0.717) is 0 Å². The molecule has 0 amide bonds. The summed E-state index contributed by atoms with van der Waals surface area (Å²) >= 11 is 0. The molecule has 0 nitrogen and oxygen atoms in total. The van der Waals surface area contributed by atoms with Crippen LogP contribution in [-0.4, -0.2) is 10.3 Å². The van der Waals surface area contributed by atoms with Crippen molar-refractivity contribution in [2.24, 2.45) is 0 Å². The Bertz CT molecular complexity index is 867. The fraction of sp³-hybridized carbons (Fsp3) is 0.308. The zero-order chi connectivity index (χ0) is 19.7. The van der Waals surface area contributed by atoms with Crippen LogP contribution < -0.4 is 5.30 Å². The van der Waals surface area contributed by atoms with Gasteiger partial charge in [0.2, 0.25) is 0 Å². The molecule has 0 aliphatic heterocycles. The molecule has 0 aliphatic rings. The average molecular weight is 374 g/mol. The zero-order valence-corrected chi connectivity index (χ0v) is 18.3. The SMILES string of the molecule is CC(C)(C)P(c1[c]cc(-c2ccccc2)cc1-c1ccccc1)C(C)(C)C. The quantitative estimate of drug-likeness (QED) is 0.416. The van der Waals surface area contributed by atoms with Crippen molar-refractivity contribution in [1.29, 1.82) is 0 Å². The summed E-state index contributed by atoms with van der Waals surface area (Å²) in [6.45, 7) is 14.2. The van der Waals surface area contributed by atoms with Crippen LogP contribution in [0.25, 0.3) is 22.3 Å². The summed E-state index contributed by atoms with van der Waals surface area (Å²) in [6.07, 6.45) is 0. The summed E-state index contributed by atoms with van der Waals surface area (Å²) in [5.74, 6) is 0. The molecule has 0 atom stereocenters. The predicted octanol–water partition coefficient (Wildman–Crippen LogP) is 7.52. The Morgan fingerprint density at radius 1 is 0.630 bits per heavy atom. The molecule has 0 aromatic heterocycles. The Kier molecular flexibility index (Phi) is 5.59. The maximum atomic E-state index is 3.74. The second-order valence-electron chi connectivity index (χ2n) is 9.06. The summed E-state index contributed by atoms with van der Waals surface area (Å²) in [5.41, 5.74) is 5.08. The maximum Gasteiger partial charge on any atom is -0.00732 e. The predicted molar refractivity (Wildman–Crippen MR) is 122 cm³/mol. The van der Waals surface area contributed by atoms with Crippen molar-refractivity contribution < 1.29 is 0 Å². The van der Waals surface area contributed by atoms with E-state index in [2.05, 4.69) is 120 Å². The lowest BCUT2D eigenvalue weighted by atomic mass is 9.99. The van der Waals surface area contributed by atoms with Crippen molar-refractivity contribution in [3.63, 3.8) is 0 Å². The molecule has 1 radical (unpaired) electrons. The molecular formula is C26H30P. The van der Waals surface area contributed by atoms with Gasteiger partial charge in [0.25, 0.3) is 0 Å². The average Bonchev–Trinajstić information content (AvgIpc) is 2.61. The van der Waals surface area contributed by atoms with Crippen molar-refractivity contribution in [2.75, 3.05) is 0 Å². The summed E-state index contributed by atoms with van der Waals surface area (Å²) in [4.78, 5) is 0. The first-order valence-corrected chi connectivity index (χ1v) is 11.0. The van der Waals surface area contributed by atoms with Crippen molar-refractivity contribution in [3.05, 3.63) is 78.9 Å². The molecular weight excluding hydrogens is 343 g/mol. The summed E-state index contributed by atoms with van der Waals surface area (Å²) in [5, 5.41) is 1.81. The maximum absolute atomic E-state index is 3.74. The molecule has 0 saturated carbocycles. The van der Waals surface area contributed by atoms with Gasteiger partial charge in [0, 0.05) is 0 Å². The largest absolute Gasteiger partial charge is 0.0629 e. The molecule has 0 heterocycles. The van der Waals surface area contributed by atoms with Crippen LogP contribution in [0.5, 0.6) is 0 Å². The number of benzene rings is 3. The van der Waals surface area contributed by atoms with Gasteiger partial charge in [0.15, 0.2) is 0 Å². The Morgan fingerprint density at radius 3 is 1.59 bits per heavy atom. The van der Waals surface area contributed by atoms with Crippen LogP contribution in [0.15, 0.2) is 72.8 Å². The molecule has 0 aliphatic carbocycles. The monoisotopic (exact) mass is 373 g/mol. The van der Waals surface area contributed by atoms with Crippen molar-refractivity contribution in [1.82, 2.24) is 0 Å². The van der Waals surface area contributed by atoms with Crippen LogP contribution in [0.4, 0.5) is 0 Å². The van der Waals surface area contributed by atoms with Gasteiger partial charge in [-0.2, -0.15) is 0 Å².